The first-order valence-corrected chi connectivity index (χ1v) is 7.28. The number of pyridine rings is 1. The SMILES string of the molecule is O=C(c1ccncc1F)N1CC[C@H](c2ccccc2)[C@H](O)C1. The third-order valence-electron chi connectivity index (χ3n) is 4.10. The number of nitrogens with zero attached hydrogens (tertiary/aromatic N) is 2. The van der Waals surface area contributed by atoms with Crippen LogP contribution in [0.25, 0.3) is 0 Å². The van der Waals surface area contributed by atoms with E-state index in [1.165, 1.54) is 17.2 Å². The molecule has 5 heteroatoms. The minimum atomic E-state index is -0.648. The highest BCUT2D eigenvalue weighted by Gasteiger charge is 2.32. The van der Waals surface area contributed by atoms with Crippen LogP contribution < -0.4 is 0 Å². The predicted octanol–water partition coefficient (Wildman–Crippen LogP) is 2.21. The van der Waals surface area contributed by atoms with Crippen molar-refractivity contribution in [2.24, 2.45) is 0 Å². The Balaban J connectivity index is 1.73. The van der Waals surface area contributed by atoms with Crippen molar-refractivity contribution in [3.8, 4) is 0 Å². The van der Waals surface area contributed by atoms with E-state index < -0.39 is 17.8 Å². The van der Waals surface area contributed by atoms with E-state index >= 15 is 0 Å². The number of aliphatic hydroxyl groups is 1. The fourth-order valence-corrected chi connectivity index (χ4v) is 2.92. The number of carbonyl (C=O) groups is 1. The number of rotatable bonds is 2. The molecule has 114 valence electrons. The fourth-order valence-electron chi connectivity index (χ4n) is 2.92. The molecular formula is C17H17FN2O2. The number of benzene rings is 1. The van der Waals surface area contributed by atoms with Gasteiger partial charge in [-0.3, -0.25) is 9.78 Å². The first-order chi connectivity index (χ1) is 10.7. The van der Waals surface area contributed by atoms with Gasteiger partial charge in [0.05, 0.1) is 17.9 Å². The zero-order valence-electron chi connectivity index (χ0n) is 12.0. The van der Waals surface area contributed by atoms with E-state index in [0.29, 0.717) is 13.0 Å². The van der Waals surface area contributed by atoms with Crippen LogP contribution in [-0.2, 0) is 0 Å². The largest absolute Gasteiger partial charge is 0.391 e. The highest BCUT2D eigenvalue weighted by Crippen LogP contribution is 2.29. The summed E-state index contributed by atoms with van der Waals surface area (Å²) >= 11 is 0. The predicted molar refractivity (Wildman–Crippen MR) is 79.9 cm³/mol. The van der Waals surface area contributed by atoms with Gasteiger partial charge in [-0.05, 0) is 18.1 Å². The van der Waals surface area contributed by atoms with Crippen molar-refractivity contribution in [3.05, 3.63) is 65.7 Å². The number of β-amino-alcohol motifs (C(OH)–C–C–N with tert-alkyl or cyclic N) is 1. The van der Waals surface area contributed by atoms with Crippen molar-refractivity contribution < 1.29 is 14.3 Å². The van der Waals surface area contributed by atoms with Crippen LogP contribution in [0.4, 0.5) is 4.39 Å². The standard InChI is InChI=1S/C17H17FN2O2/c18-15-10-19-8-6-14(15)17(22)20-9-7-13(16(21)11-20)12-4-2-1-3-5-12/h1-6,8,10,13,16,21H,7,9,11H2/t13-,16-/m1/s1. The first-order valence-electron chi connectivity index (χ1n) is 7.28. The first kappa shape index (κ1) is 14.7. The lowest BCUT2D eigenvalue weighted by Gasteiger charge is -2.36. The molecule has 3 rings (SSSR count). The van der Waals surface area contributed by atoms with Crippen LogP contribution in [0.15, 0.2) is 48.8 Å². The molecule has 0 radical (unpaired) electrons. The Morgan fingerprint density at radius 2 is 2.05 bits per heavy atom. The lowest BCUT2D eigenvalue weighted by Crippen LogP contribution is -2.46. The molecule has 1 amide bonds. The van der Waals surface area contributed by atoms with Crippen molar-refractivity contribution in [1.29, 1.82) is 0 Å². The van der Waals surface area contributed by atoms with Crippen molar-refractivity contribution in [3.63, 3.8) is 0 Å². The monoisotopic (exact) mass is 300 g/mol. The zero-order valence-corrected chi connectivity index (χ0v) is 12.0. The normalized spacial score (nSPS) is 21.6. The number of hydrogen-bond acceptors (Lipinski definition) is 3. The second-order valence-corrected chi connectivity index (χ2v) is 5.48. The molecule has 0 saturated carbocycles. The highest BCUT2D eigenvalue weighted by atomic mass is 19.1. The second kappa shape index (κ2) is 6.23. The molecule has 1 fully saturated rings. The van der Waals surface area contributed by atoms with Gasteiger partial charge in [0.25, 0.3) is 5.91 Å². The summed E-state index contributed by atoms with van der Waals surface area (Å²) in [6, 6.07) is 11.1. The molecule has 1 aromatic heterocycles. The molecule has 1 aliphatic heterocycles. The van der Waals surface area contributed by atoms with Gasteiger partial charge in [0.2, 0.25) is 0 Å². The van der Waals surface area contributed by atoms with E-state index in [1.54, 1.807) is 0 Å². The third-order valence-corrected chi connectivity index (χ3v) is 4.10. The Labute approximate surface area is 128 Å². The molecular weight excluding hydrogens is 283 g/mol. The van der Waals surface area contributed by atoms with E-state index in [-0.39, 0.29) is 18.0 Å². The third kappa shape index (κ3) is 2.85. The molecule has 1 N–H and O–H groups in total. The number of carbonyl (C=O) groups excluding carboxylic acids is 1. The number of piperidine rings is 1. The minimum absolute atomic E-state index is 0.000334. The number of aromatic nitrogens is 1. The van der Waals surface area contributed by atoms with Crippen LogP contribution in [0, 0.1) is 5.82 Å². The summed E-state index contributed by atoms with van der Waals surface area (Å²) in [4.78, 5) is 17.5. The van der Waals surface area contributed by atoms with Gasteiger partial charge < -0.3 is 10.0 Å². The molecule has 22 heavy (non-hydrogen) atoms. The lowest BCUT2D eigenvalue weighted by molar-refractivity contribution is 0.0378. The van der Waals surface area contributed by atoms with Crippen molar-refractivity contribution in [1.82, 2.24) is 9.88 Å². The zero-order chi connectivity index (χ0) is 15.5. The smallest absolute Gasteiger partial charge is 0.257 e. The molecule has 1 aliphatic rings. The van der Waals surface area contributed by atoms with E-state index in [9.17, 15) is 14.3 Å². The van der Waals surface area contributed by atoms with Crippen molar-refractivity contribution in [2.75, 3.05) is 13.1 Å². The topological polar surface area (TPSA) is 53.4 Å². The van der Waals surface area contributed by atoms with Crippen LogP contribution in [-0.4, -0.2) is 40.1 Å². The summed E-state index contributed by atoms with van der Waals surface area (Å²) in [5, 5.41) is 10.4. The Hall–Kier alpha value is -2.27. The second-order valence-electron chi connectivity index (χ2n) is 5.48. The fraction of sp³-hybridized carbons (Fsp3) is 0.294. The molecule has 0 bridgehead atoms. The molecule has 0 aliphatic carbocycles. The number of halogens is 1. The maximum atomic E-state index is 13.7. The quantitative estimate of drug-likeness (QED) is 0.925. The lowest BCUT2D eigenvalue weighted by atomic mass is 9.87. The number of likely N-dealkylation sites (tertiary alicyclic amines) is 1. The van der Waals surface area contributed by atoms with Gasteiger partial charge in [0, 0.05) is 25.2 Å². The van der Waals surface area contributed by atoms with Gasteiger partial charge in [-0.2, -0.15) is 0 Å². The van der Waals surface area contributed by atoms with Gasteiger partial charge in [0.1, 0.15) is 0 Å². The molecule has 1 saturated heterocycles. The number of aliphatic hydroxyl groups excluding tert-OH is 1. The highest BCUT2D eigenvalue weighted by molar-refractivity contribution is 5.94. The molecule has 2 atom stereocenters. The van der Waals surface area contributed by atoms with Gasteiger partial charge in [-0.15, -0.1) is 0 Å². The van der Waals surface area contributed by atoms with Crippen molar-refractivity contribution in [2.45, 2.75) is 18.4 Å². The molecule has 0 spiro atoms. The van der Waals surface area contributed by atoms with Gasteiger partial charge >= 0.3 is 0 Å². The maximum absolute atomic E-state index is 13.7. The Bertz CT molecular complexity index is 663. The Morgan fingerprint density at radius 3 is 2.73 bits per heavy atom. The molecule has 0 unspecified atom stereocenters. The summed E-state index contributed by atoms with van der Waals surface area (Å²) in [6.45, 7) is 0.706. The summed E-state index contributed by atoms with van der Waals surface area (Å²) in [6.07, 6.45) is 2.43. The van der Waals surface area contributed by atoms with E-state index in [0.717, 1.165) is 11.8 Å². The molecule has 2 aromatic rings. The number of hydrogen-bond donors (Lipinski definition) is 1. The van der Waals surface area contributed by atoms with Gasteiger partial charge in [-0.25, -0.2) is 4.39 Å². The van der Waals surface area contributed by atoms with E-state index in [2.05, 4.69) is 4.98 Å². The van der Waals surface area contributed by atoms with Crippen LogP contribution in [0.3, 0.4) is 0 Å². The van der Waals surface area contributed by atoms with Crippen LogP contribution in [0.5, 0.6) is 0 Å². The minimum Gasteiger partial charge on any atom is -0.391 e. The Morgan fingerprint density at radius 1 is 1.27 bits per heavy atom. The van der Waals surface area contributed by atoms with Crippen LogP contribution in [0.1, 0.15) is 28.3 Å². The molecule has 4 nitrogen and oxygen atoms in total. The Kier molecular flexibility index (Phi) is 4.15. The molecule has 1 aromatic carbocycles. The molecule has 2 heterocycles. The maximum Gasteiger partial charge on any atom is 0.257 e. The average molecular weight is 300 g/mol. The summed E-state index contributed by atoms with van der Waals surface area (Å²) < 4.78 is 13.7. The van der Waals surface area contributed by atoms with Gasteiger partial charge in [-0.1, -0.05) is 30.3 Å². The summed E-state index contributed by atoms with van der Waals surface area (Å²) in [5.41, 5.74) is 1.07. The van der Waals surface area contributed by atoms with Gasteiger partial charge in [0.15, 0.2) is 5.82 Å². The summed E-state index contributed by atoms with van der Waals surface area (Å²) in [5.74, 6) is -1.02. The van der Waals surface area contributed by atoms with E-state index in [4.69, 9.17) is 0 Å². The van der Waals surface area contributed by atoms with E-state index in [1.807, 2.05) is 30.3 Å². The van der Waals surface area contributed by atoms with Crippen LogP contribution >= 0.6 is 0 Å². The average Bonchev–Trinajstić information content (AvgIpc) is 2.55. The number of amides is 1. The summed E-state index contributed by atoms with van der Waals surface area (Å²) in [7, 11) is 0. The van der Waals surface area contributed by atoms with Crippen LogP contribution in [0.2, 0.25) is 0 Å². The van der Waals surface area contributed by atoms with Crippen molar-refractivity contribution >= 4 is 5.91 Å².